The number of rotatable bonds is 8. The zero-order valence-corrected chi connectivity index (χ0v) is 13.7. The molecule has 1 aromatic rings. The molecule has 0 fully saturated rings. The van der Waals surface area contributed by atoms with E-state index in [1.54, 1.807) is 34.4 Å². The van der Waals surface area contributed by atoms with E-state index in [2.05, 4.69) is 0 Å². The molecule has 6 nitrogen and oxygen atoms in total. The van der Waals surface area contributed by atoms with E-state index in [4.69, 9.17) is 9.68 Å². The normalized spacial score (nSPS) is 10.8. The van der Waals surface area contributed by atoms with Gasteiger partial charge in [-0.3, -0.25) is 0 Å². The Morgan fingerprint density at radius 1 is 0.727 bits per heavy atom. The fourth-order valence-corrected chi connectivity index (χ4v) is 1.79. The molecule has 22 heavy (non-hydrogen) atoms. The molecule has 6 heteroatoms. The molecule has 0 bridgehead atoms. The van der Waals surface area contributed by atoms with Gasteiger partial charge in [-0.05, 0) is 52.0 Å². The zero-order chi connectivity index (χ0) is 16.5. The maximum Gasteiger partial charge on any atom is 0.357 e. The molecule has 0 atom stereocenters. The molecule has 0 aliphatic heterocycles. The summed E-state index contributed by atoms with van der Waals surface area (Å²) < 4.78 is 0. The first kappa shape index (κ1) is 18.1. The molecule has 0 amide bonds. The van der Waals surface area contributed by atoms with Crippen LogP contribution in [-0.4, -0.2) is 48.2 Å². The van der Waals surface area contributed by atoms with Crippen LogP contribution in [0.25, 0.3) is 0 Å². The predicted molar refractivity (Wildman–Crippen MR) is 83.1 cm³/mol. The molecule has 1 rings (SSSR count). The van der Waals surface area contributed by atoms with Gasteiger partial charge in [-0.15, -0.1) is 10.1 Å². The Hall–Kier alpha value is -1.92. The van der Waals surface area contributed by atoms with Gasteiger partial charge in [0, 0.05) is 26.2 Å². The Labute approximate surface area is 131 Å². The highest BCUT2D eigenvalue weighted by Crippen LogP contribution is 2.09. The smallest absolute Gasteiger partial charge is 0.357 e. The molecule has 0 saturated heterocycles. The quantitative estimate of drug-likeness (QED) is 0.688. The first-order valence-corrected chi connectivity index (χ1v) is 7.60. The third-order valence-corrected chi connectivity index (χ3v) is 3.19. The number of benzene rings is 1. The summed E-state index contributed by atoms with van der Waals surface area (Å²) in [4.78, 5) is 34.3. The molecule has 0 aromatic heterocycles. The van der Waals surface area contributed by atoms with Crippen molar-refractivity contribution in [2.75, 3.05) is 26.2 Å². The molecule has 0 unspecified atom stereocenters. The van der Waals surface area contributed by atoms with Crippen molar-refractivity contribution >= 4 is 11.9 Å². The van der Waals surface area contributed by atoms with Crippen molar-refractivity contribution in [3.63, 3.8) is 0 Å². The third-order valence-electron chi connectivity index (χ3n) is 3.19. The second-order valence-corrected chi connectivity index (χ2v) is 4.56. The van der Waals surface area contributed by atoms with Crippen LogP contribution in [0.4, 0.5) is 0 Å². The summed E-state index contributed by atoms with van der Waals surface area (Å²) in [5, 5.41) is 3.12. The zero-order valence-electron chi connectivity index (χ0n) is 13.7. The van der Waals surface area contributed by atoms with Crippen LogP contribution < -0.4 is 0 Å². The Balaban J connectivity index is 2.69. The maximum atomic E-state index is 11.9. The summed E-state index contributed by atoms with van der Waals surface area (Å²) in [6, 6.07) is 6.24. The van der Waals surface area contributed by atoms with Crippen molar-refractivity contribution in [1.29, 1.82) is 0 Å². The molecule has 0 radical (unpaired) electrons. The minimum absolute atomic E-state index is 0.395. The van der Waals surface area contributed by atoms with E-state index < -0.39 is 11.9 Å². The van der Waals surface area contributed by atoms with E-state index in [0.717, 1.165) is 0 Å². The molecular weight excluding hydrogens is 284 g/mol. The fraction of sp³-hybridized carbons (Fsp3) is 0.500. The lowest BCUT2D eigenvalue weighted by Gasteiger charge is -2.18. The lowest BCUT2D eigenvalue weighted by molar-refractivity contribution is -0.103. The van der Waals surface area contributed by atoms with Crippen LogP contribution >= 0.6 is 0 Å². The van der Waals surface area contributed by atoms with E-state index in [9.17, 15) is 9.59 Å². The highest BCUT2D eigenvalue weighted by Gasteiger charge is 2.15. The summed E-state index contributed by atoms with van der Waals surface area (Å²) in [7, 11) is 0. The minimum Gasteiger partial charge on any atom is -0.364 e. The number of hydrogen-bond acceptors (Lipinski definition) is 6. The average Bonchev–Trinajstić information content (AvgIpc) is 2.57. The molecular formula is C16H24N2O4. The number of nitrogens with zero attached hydrogens (tertiary/aromatic N) is 2. The van der Waals surface area contributed by atoms with E-state index in [1.165, 1.54) is 0 Å². The van der Waals surface area contributed by atoms with E-state index in [1.807, 2.05) is 27.7 Å². The summed E-state index contributed by atoms with van der Waals surface area (Å²) >= 11 is 0. The second kappa shape index (κ2) is 9.17. The van der Waals surface area contributed by atoms with Crippen molar-refractivity contribution in [1.82, 2.24) is 10.1 Å². The molecule has 0 heterocycles. The van der Waals surface area contributed by atoms with Crippen molar-refractivity contribution in [2.45, 2.75) is 27.7 Å². The van der Waals surface area contributed by atoms with Crippen LogP contribution in [0.1, 0.15) is 48.4 Å². The van der Waals surface area contributed by atoms with Gasteiger partial charge < -0.3 is 9.68 Å². The van der Waals surface area contributed by atoms with E-state index >= 15 is 0 Å². The van der Waals surface area contributed by atoms with Crippen molar-refractivity contribution in [2.24, 2.45) is 0 Å². The largest absolute Gasteiger partial charge is 0.364 e. The Kier molecular flexibility index (Phi) is 7.56. The molecule has 122 valence electrons. The molecule has 1 aromatic carbocycles. The molecule has 0 spiro atoms. The van der Waals surface area contributed by atoms with Crippen LogP contribution in [-0.2, 0) is 9.68 Å². The van der Waals surface area contributed by atoms with Gasteiger partial charge in [-0.2, -0.15) is 0 Å². The fourth-order valence-electron chi connectivity index (χ4n) is 1.79. The van der Waals surface area contributed by atoms with Crippen LogP contribution in [0.15, 0.2) is 24.3 Å². The molecule has 0 N–H and O–H groups in total. The van der Waals surface area contributed by atoms with Gasteiger partial charge in [0.2, 0.25) is 0 Å². The van der Waals surface area contributed by atoms with Crippen molar-refractivity contribution in [3.8, 4) is 0 Å². The van der Waals surface area contributed by atoms with Gasteiger partial charge in [0.15, 0.2) is 0 Å². The van der Waals surface area contributed by atoms with E-state index in [-0.39, 0.29) is 0 Å². The molecule has 0 aliphatic rings. The van der Waals surface area contributed by atoms with Crippen LogP contribution in [0.2, 0.25) is 0 Å². The summed E-state index contributed by atoms with van der Waals surface area (Å²) in [6.45, 7) is 10.1. The first-order valence-electron chi connectivity index (χ1n) is 7.60. The Morgan fingerprint density at radius 3 is 1.23 bits per heavy atom. The molecule has 0 aliphatic carbocycles. The van der Waals surface area contributed by atoms with E-state index in [0.29, 0.717) is 37.3 Å². The number of hydrogen-bond donors (Lipinski definition) is 0. The van der Waals surface area contributed by atoms with Crippen molar-refractivity contribution in [3.05, 3.63) is 35.4 Å². The van der Waals surface area contributed by atoms with Gasteiger partial charge in [-0.25, -0.2) is 9.59 Å². The Bertz CT molecular complexity index is 434. The molecule has 0 saturated carbocycles. The monoisotopic (exact) mass is 308 g/mol. The predicted octanol–water partition coefficient (Wildman–Crippen LogP) is 2.51. The average molecular weight is 308 g/mol. The second-order valence-electron chi connectivity index (χ2n) is 4.56. The minimum atomic E-state index is -0.438. The van der Waals surface area contributed by atoms with Gasteiger partial charge >= 0.3 is 11.9 Å². The van der Waals surface area contributed by atoms with Gasteiger partial charge in [0.1, 0.15) is 0 Å². The Morgan fingerprint density at radius 2 is 1.00 bits per heavy atom. The summed E-state index contributed by atoms with van der Waals surface area (Å²) in [5.74, 6) is -0.875. The number of carbonyl (C=O) groups excluding carboxylic acids is 2. The number of carbonyl (C=O) groups is 2. The standard InChI is InChI=1S/C16H24N2O4/c1-5-17(6-2)21-15(19)13-9-11-14(12-10-13)16(20)22-18(7-3)8-4/h9-12H,5-8H2,1-4H3. The number of hydroxylamine groups is 4. The first-order chi connectivity index (χ1) is 10.5. The summed E-state index contributed by atoms with van der Waals surface area (Å²) in [5.41, 5.74) is 0.789. The summed E-state index contributed by atoms with van der Waals surface area (Å²) in [6.07, 6.45) is 0. The lowest BCUT2D eigenvalue weighted by atomic mass is 10.1. The highest BCUT2D eigenvalue weighted by atomic mass is 16.7. The lowest BCUT2D eigenvalue weighted by Crippen LogP contribution is -2.27. The topological polar surface area (TPSA) is 59.1 Å². The van der Waals surface area contributed by atoms with Gasteiger partial charge in [0.25, 0.3) is 0 Å². The third kappa shape index (κ3) is 5.13. The van der Waals surface area contributed by atoms with Crippen LogP contribution in [0.3, 0.4) is 0 Å². The van der Waals surface area contributed by atoms with Crippen LogP contribution in [0, 0.1) is 0 Å². The van der Waals surface area contributed by atoms with Gasteiger partial charge in [0.05, 0.1) is 11.1 Å². The van der Waals surface area contributed by atoms with Gasteiger partial charge in [-0.1, -0.05) is 0 Å². The maximum absolute atomic E-state index is 11.9. The highest BCUT2D eigenvalue weighted by molar-refractivity contribution is 5.93. The SMILES string of the molecule is CCN(CC)OC(=O)c1ccc(C(=O)ON(CC)CC)cc1. The van der Waals surface area contributed by atoms with Crippen molar-refractivity contribution < 1.29 is 19.3 Å². The van der Waals surface area contributed by atoms with Crippen LogP contribution in [0.5, 0.6) is 0 Å².